The Labute approximate surface area is 94.2 Å². The number of aryl methyl sites for hydroxylation is 1. The highest BCUT2D eigenvalue weighted by molar-refractivity contribution is 6.20. The van der Waals surface area contributed by atoms with Crippen LogP contribution in [0.4, 0.5) is 5.69 Å². The van der Waals surface area contributed by atoms with E-state index in [9.17, 15) is 10.1 Å². The lowest BCUT2D eigenvalue weighted by atomic mass is 10.1. The van der Waals surface area contributed by atoms with Crippen molar-refractivity contribution >= 4 is 17.3 Å². The van der Waals surface area contributed by atoms with Gasteiger partial charge in [0.1, 0.15) is 0 Å². The van der Waals surface area contributed by atoms with Crippen LogP contribution in [0.2, 0.25) is 0 Å². The molecule has 0 aromatic heterocycles. The van der Waals surface area contributed by atoms with Crippen LogP contribution >= 0.6 is 11.6 Å². The zero-order valence-electron chi connectivity index (χ0n) is 8.65. The number of benzene rings is 1. The Balaban J connectivity index is 2.46. The molecule has 1 rings (SSSR count). The Morgan fingerprint density at radius 2 is 2.00 bits per heavy atom. The molecule has 1 atom stereocenters. The van der Waals surface area contributed by atoms with E-state index in [1.807, 2.05) is 6.92 Å². The quantitative estimate of drug-likeness (QED) is 0.439. The van der Waals surface area contributed by atoms with Gasteiger partial charge in [-0.1, -0.05) is 12.1 Å². The summed E-state index contributed by atoms with van der Waals surface area (Å²) in [5.41, 5.74) is 1.27. The standard InChI is InChI=1S/C11H14ClNO2/c1-9(12)3-2-4-10-5-7-11(8-6-10)13(14)15/h5-9H,2-4H2,1H3. The summed E-state index contributed by atoms with van der Waals surface area (Å²) in [5.74, 6) is 0. The van der Waals surface area contributed by atoms with Crippen molar-refractivity contribution in [3.05, 3.63) is 39.9 Å². The molecule has 0 heterocycles. The summed E-state index contributed by atoms with van der Waals surface area (Å²) in [7, 11) is 0. The Bertz CT molecular complexity index is 322. The number of non-ortho nitro benzene ring substituents is 1. The number of hydrogen-bond acceptors (Lipinski definition) is 2. The van der Waals surface area contributed by atoms with Crippen LogP contribution in [-0.4, -0.2) is 10.3 Å². The van der Waals surface area contributed by atoms with Gasteiger partial charge in [0.05, 0.1) is 4.92 Å². The van der Waals surface area contributed by atoms with Gasteiger partial charge in [0.15, 0.2) is 0 Å². The largest absolute Gasteiger partial charge is 0.269 e. The predicted octanol–water partition coefficient (Wildman–Crippen LogP) is 3.54. The Morgan fingerprint density at radius 3 is 2.47 bits per heavy atom. The number of nitro benzene ring substituents is 1. The van der Waals surface area contributed by atoms with E-state index >= 15 is 0 Å². The van der Waals surface area contributed by atoms with Crippen LogP contribution in [0, 0.1) is 10.1 Å². The topological polar surface area (TPSA) is 43.1 Å². The molecule has 4 heteroatoms. The van der Waals surface area contributed by atoms with Crippen LogP contribution in [0.5, 0.6) is 0 Å². The van der Waals surface area contributed by atoms with Crippen molar-refractivity contribution < 1.29 is 4.92 Å². The lowest BCUT2D eigenvalue weighted by molar-refractivity contribution is -0.384. The second-order valence-electron chi connectivity index (χ2n) is 3.60. The van der Waals surface area contributed by atoms with Crippen molar-refractivity contribution in [2.45, 2.75) is 31.6 Å². The summed E-state index contributed by atoms with van der Waals surface area (Å²) in [6.45, 7) is 1.97. The Kier molecular flexibility index (Phi) is 4.56. The number of alkyl halides is 1. The molecule has 1 aromatic rings. The third kappa shape index (κ3) is 4.30. The SMILES string of the molecule is CC(Cl)CCCc1ccc([N+](=O)[O-])cc1. The molecule has 0 spiro atoms. The highest BCUT2D eigenvalue weighted by Crippen LogP contribution is 2.14. The van der Waals surface area contributed by atoms with E-state index in [0.717, 1.165) is 24.8 Å². The van der Waals surface area contributed by atoms with Gasteiger partial charge in [-0.3, -0.25) is 10.1 Å². The lowest BCUT2D eigenvalue weighted by Gasteiger charge is -2.02. The number of nitrogens with zero attached hydrogens (tertiary/aromatic N) is 1. The number of rotatable bonds is 5. The molecule has 0 aliphatic carbocycles. The van der Waals surface area contributed by atoms with E-state index in [1.54, 1.807) is 24.3 Å². The molecule has 0 saturated heterocycles. The van der Waals surface area contributed by atoms with E-state index in [-0.39, 0.29) is 16.0 Å². The summed E-state index contributed by atoms with van der Waals surface area (Å²) in [4.78, 5) is 10.0. The molecule has 15 heavy (non-hydrogen) atoms. The lowest BCUT2D eigenvalue weighted by Crippen LogP contribution is -1.93. The third-order valence-corrected chi connectivity index (χ3v) is 2.43. The molecule has 0 aliphatic heterocycles. The molecule has 82 valence electrons. The van der Waals surface area contributed by atoms with Crippen molar-refractivity contribution in [2.24, 2.45) is 0 Å². The highest BCUT2D eigenvalue weighted by atomic mass is 35.5. The minimum atomic E-state index is -0.384. The first-order valence-corrected chi connectivity index (χ1v) is 5.40. The fourth-order valence-corrected chi connectivity index (χ4v) is 1.53. The van der Waals surface area contributed by atoms with Gasteiger partial charge in [0.25, 0.3) is 5.69 Å². The molecule has 0 bridgehead atoms. The fraction of sp³-hybridized carbons (Fsp3) is 0.455. The van der Waals surface area contributed by atoms with Gasteiger partial charge in [-0.15, -0.1) is 11.6 Å². The Morgan fingerprint density at radius 1 is 1.40 bits per heavy atom. The summed E-state index contributed by atoms with van der Waals surface area (Å²) < 4.78 is 0. The van der Waals surface area contributed by atoms with Crippen molar-refractivity contribution in [1.29, 1.82) is 0 Å². The van der Waals surface area contributed by atoms with E-state index < -0.39 is 0 Å². The molecule has 1 unspecified atom stereocenters. The number of halogens is 1. The normalized spacial score (nSPS) is 12.4. The summed E-state index contributed by atoms with van der Waals surface area (Å²) in [6, 6.07) is 6.69. The van der Waals surface area contributed by atoms with Crippen LogP contribution < -0.4 is 0 Å². The monoisotopic (exact) mass is 227 g/mol. The van der Waals surface area contributed by atoms with Crippen LogP contribution in [0.25, 0.3) is 0 Å². The van der Waals surface area contributed by atoms with Crippen molar-refractivity contribution in [3.8, 4) is 0 Å². The molecular weight excluding hydrogens is 214 g/mol. The summed E-state index contributed by atoms with van der Waals surface area (Å²) >= 11 is 5.82. The van der Waals surface area contributed by atoms with Crippen LogP contribution in [0.15, 0.2) is 24.3 Å². The fourth-order valence-electron chi connectivity index (χ4n) is 1.37. The zero-order valence-corrected chi connectivity index (χ0v) is 9.41. The molecule has 3 nitrogen and oxygen atoms in total. The Hall–Kier alpha value is -1.09. The average Bonchev–Trinajstić information content (AvgIpc) is 2.18. The van der Waals surface area contributed by atoms with Crippen LogP contribution in [0.3, 0.4) is 0 Å². The van der Waals surface area contributed by atoms with Crippen LogP contribution in [0.1, 0.15) is 25.3 Å². The maximum absolute atomic E-state index is 10.4. The zero-order chi connectivity index (χ0) is 11.3. The number of hydrogen-bond donors (Lipinski definition) is 0. The molecule has 1 aromatic carbocycles. The molecule has 0 saturated carbocycles. The molecule has 0 radical (unpaired) electrons. The third-order valence-electron chi connectivity index (χ3n) is 2.21. The van der Waals surface area contributed by atoms with Crippen molar-refractivity contribution in [2.75, 3.05) is 0 Å². The van der Waals surface area contributed by atoms with Crippen molar-refractivity contribution in [3.63, 3.8) is 0 Å². The van der Waals surface area contributed by atoms with Gasteiger partial charge in [-0.05, 0) is 31.7 Å². The first-order valence-electron chi connectivity index (χ1n) is 4.97. The van der Waals surface area contributed by atoms with Crippen molar-refractivity contribution in [1.82, 2.24) is 0 Å². The van der Waals surface area contributed by atoms with E-state index in [2.05, 4.69) is 0 Å². The molecule has 0 fully saturated rings. The first-order chi connectivity index (χ1) is 7.09. The maximum Gasteiger partial charge on any atom is 0.269 e. The van der Waals surface area contributed by atoms with E-state index in [0.29, 0.717) is 0 Å². The van der Waals surface area contributed by atoms with Gasteiger partial charge in [0.2, 0.25) is 0 Å². The van der Waals surface area contributed by atoms with Gasteiger partial charge in [-0.2, -0.15) is 0 Å². The van der Waals surface area contributed by atoms with Crippen LogP contribution in [-0.2, 0) is 6.42 Å². The van der Waals surface area contributed by atoms with Gasteiger partial charge in [0, 0.05) is 17.5 Å². The minimum absolute atomic E-state index is 0.143. The molecule has 0 amide bonds. The van der Waals surface area contributed by atoms with Gasteiger partial charge >= 0.3 is 0 Å². The minimum Gasteiger partial charge on any atom is -0.258 e. The molecule has 0 aliphatic rings. The summed E-state index contributed by atoms with van der Waals surface area (Å²) in [6.07, 6.45) is 2.91. The van der Waals surface area contributed by atoms with E-state index in [4.69, 9.17) is 11.6 Å². The van der Waals surface area contributed by atoms with Gasteiger partial charge in [-0.25, -0.2) is 0 Å². The predicted molar refractivity (Wildman–Crippen MR) is 61.3 cm³/mol. The maximum atomic E-state index is 10.4. The van der Waals surface area contributed by atoms with E-state index in [1.165, 1.54) is 0 Å². The number of nitro groups is 1. The summed E-state index contributed by atoms with van der Waals surface area (Å²) in [5, 5.41) is 10.6. The molecule has 0 N–H and O–H groups in total. The highest BCUT2D eigenvalue weighted by Gasteiger charge is 2.04. The second-order valence-corrected chi connectivity index (χ2v) is 4.34. The smallest absolute Gasteiger partial charge is 0.258 e. The second kappa shape index (κ2) is 5.71. The molecular formula is C11H14ClNO2. The average molecular weight is 228 g/mol. The first kappa shape index (κ1) is 12.0. The van der Waals surface area contributed by atoms with Gasteiger partial charge < -0.3 is 0 Å².